The zero-order chi connectivity index (χ0) is 11.3. The van der Waals surface area contributed by atoms with Gasteiger partial charge in [-0.25, -0.2) is 0 Å². The van der Waals surface area contributed by atoms with Gasteiger partial charge in [-0.15, -0.1) is 11.6 Å². The van der Waals surface area contributed by atoms with Gasteiger partial charge < -0.3 is 4.74 Å². The maximum atomic E-state index is 11.9. The Morgan fingerprint density at radius 1 is 1.40 bits per heavy atom. The van der Waals surface area contributed by atoms with Gasteiger partial charge in [0.1, 0.15) is 5.75 Å². The third kappa shape index (κ3) is 4.51. The molecule has 0 bridgehead atoms. The predicted octanol–water partition coefficient (Wildman–Crippen LogP) is 4.06. The number of alkyl halides is 3. The predicted molar refractivity (Wildman–Crippen MR) is 64.8 cm³/mol. The van der Waals surface area contributed by atoms with Gasteiger partial charge in [-0.1, -0.05) is 6.07 Å². The second kappa shape index (κ2) is 6.48. The first-order valence-electron chi connectivity index (χ1n) is 4.42. The Bertz CT molecular complexity index is 320. The molecule has 0 aromatic heterocycles. The minimum atomic E-state index is -2.77. The largest absolute Gasteiger partial charge is 0.435 e. The Hall–Kier alpha value is -0.100. The Balaban J connectivity index is 2.69. The van der Waals surface area contributed by atoms with Crippen molar-refractivity contribution in [2.75, 3.05) is 5.88 Å². The van der Waals surface area contributed by atoms with Crippen molar-refractivity contribution >= 4 is 34.2 Å². The lowest BCUT2D eigenvalue weighted by atomic mass is 10.1. The van der Waals surface area contributed by atoms with E-state index < -0.39 is 6.61 Å². The van der Waals surface area contributed by atoms with Gasteiger partial charge >= 0.3 is 6.61 Å². The van der Waals surface area contributed by atoms with Gasteiger partial charge in [0.05, 0.1) is 0 Å². The van der Waals surface area contributed by atoms with Crippen molar-refractivity contribution < 1.29 is 13.5 Å². The fraction of sp³-hybridized carbons (Fsp3) is 0.400. The summed E-state index contributed by atoms with van der Waals surface area (Å²) in [6, 6.07) is 4.96. The molecule has 0 amide bonds. The van der Waals surface area contributed by atoms with E-state index in [1.54, 1.807) is 18.2 Å². The lowest BCUT2D eigenvalue weighted by Crippen LogP contribution is -2.02. The molecule has 0 radical (unpaired) electrons. The van der Waals surface area contributed by atoms with Gasteiger partial charge in [-0.3, -0.25) is 0 Å². The maximum Gasteiger partial charge on any atom is 0.387 e. The second-order valence-electron chi connectivity index (χ2n) is 2.92. The van der Waals surface area contributed by atoms with E-state index in [9.17, 15) is 8.78 Å². The van der Waals surface area contributed by atoms with Crippen LogP contribution in [-0.4, -0.2) is 12.5 Å². The molecule has 0 aliphatic rings. The summed E-state index contributed by atoms with van der Waals surface area (Å²) in [7, 11) is 0. The molecule has 84 valence electrons. The van der Waals surface area contributed by atoms with Crippen molar-refractivity contribution in [3.63, 3.8) is 0 Å². The number of benzene rings is 1. The standard InChI is InChI=1S/C10H10ClF2IO/c11-5-1-2-7-3-4-8(6-9(7)14)15-10(12)13/h3-4,6,10H,1-2,5H2. The third-order valence-corrected chi connectivity index (χ3v) is 3.10. The summed E-state index contributed by atoms with van der Waals surface area (Å²) in [6.45, 7) is -2.77. The summed E-state index contributed by atoms with van der Waals surface area (Å²) in [4.78, 5) is 0. The van der Waals surface area contributed by atoms with Crippen molar-refractivity contribution in [1.82, 2.24) is 0 Å². The molecule has 0 spiro atoms. The molecule has 0 fully saturated rings. The Labute approximate surface area is 106 Å². The van der Waals surface area contributed by atoms with E-state index in [0.717, 1.165) is 22.0 Å². The van der Waals surface area contributed by atoms with Crippen LogP contribution in [0.2, 0.25) is 0 Å². The molecule has 1 aromatic rings. The first-order valence-corrected chi connectivity index (χ1v) is 6.04. The Morgan fingerprint density at radius 2 is 2.13 bits per heavy atom. The average molecular weight is 347 g/mol. The van der Waals surface area contributed by atoms with Gasteiger partial charge in [-0.2, -0.15) is 8.78 Å². The molecule has 0 atom stereocenters. The highest BCUT2D eigenvalue weighted by atomic mass is 127. The van der Waals surface area contributed by atoms with Gasteiger partial charge in [0.2, 0.25) is 0 Å². The zero-order valence-electron chi connectivity index (χ0n) is 7.85. The molecule has 0 aliphatic carbocycles. The quantitative estimate of drug-likeness (QED) is 0.577. The molecule has 5 heteroatoms. The highest BCUT2D eigenvalue weighted by Crippen LogP contribution is 2.22. The van der Waals surface area contributed by atoms with Crippen LogP contribution in [0.5, 0.6) is 5.75 Å². The van der Waals surface area contributed by atoms with Crippen molar-refractivity contribution in [3.8, 4) is 5.75 Å². The first-order chi connectivity index (χ1) is 7.13. The molecule has 0 saturated carbocycles. The smallest absolute Gasteiger partial charge is 0.387 e. The van der Waals surface area contributed by atoms with Gasteiger partial charge in [0.15, 0.2) is 0 Å². The van der Waals surface area contributed by atoms with Crippen LogP contribution in [0, 0.1) is 3.57 Å². The number of hydrogen-bond acceptors (Lipinski definition) is 1. The lowest BCUT2D eigenvalue weighted by Gasteiger charge is -2.07. The number of hydrogen-bond donors (Lipinski definition) is 0. The van der Waals surface area contributed by atoms with E-state index in [1.807, 2.05) is 0 Å². The number of aryl methyl sites for hydroxylation is 1. The molecule has 1 rings (SSSR count). The normalized spacial score (nSPS) is 10.7. The Kier molecular flexibility index (Phi) is 5.60. The van der Waals surface area contributed by atoms with E-state index in [1.165, 1.54) is 0 Å². The summed E-state index contributed by atoms with van der Waals surface area (Å²) in [5, 5.41) is 0. The van der Waals surface area contributed by atoms with Crippen molar-refractivity contribution in [2.24, 2.45) is 0 Å². The van der Waals surface area contributed by atoms with Crippen LogP contribution in [0.15, 0.2) is 18.2 Å². The zero-order valence-corrected chi connectivity index (χ0v) is 10.8. The molecular formula is C10H10ClF2IO. The molecule has 15 heavy (non-hydrogen) atoms. The molecule has 0 aliphatic heterocycles. The maximum absolute atomic E-state index is 11.9. The van der Waals surface area contributed by atoms with Crippen molar-refractivity contribution in [2.45, 2.75) is 19.5 Å². The van der Waals surface area contributed by atoms with Crippen LogP contribution in [0.4, 0.5) is 8.78 Å². The summed E-state index contributed by atoms with van der Waals surface area (Å²) in [6.07, 6.45) is 1.74. The molecule has 0 saturated heterocycles. The Morgan fingerprint density at radius 3 is 2.67 bits per heavy atom. The van der Waals surface area contributed by atoms with Crippen LogP contribution in [0.3, 0.4) is 0 Å². The molecular weight excluding hydrogens is 336 g/mol. The van der Waals surface area contributed by atoms with Crippen LogP contribution >= 0.6 is 34.2 Å². The van der Waals surface area contributed by atoms with Crippen LogP contribution in [0.25, 0.3) is 0 Å². The number of ether oxygens (including phenoxy) is 1. The monoisotopic (exact) mass is 346 g/mol. The van der Waals surface area contributed by atoms with E-state index in [-0.39, 0.29) is 5.75 Å². The fourth-order valence-electron chi connectivity index (χ4n) is 1.16. The van der Waals surface area contributed by atoms with E-state index >= 15 is 0 Å². The average Bonchev–Trinajstić information content (AvgIpc) is 2.15. The van der Waals surface area contributed by atoms with Gasteiger partial charge in [-0.05, 0) is 53.1 Å². The van der Waals surface area contributed by atoms with E-state index in [4.69, 9.17) is 11.6 Å². The SMILES string of the molecule is FC(F)Oc1ccc(CCCCl)c(I)c1. The van der Waals surface area contributed by atoms with Crippen LogP contribution in [0.1, 0.15) is 12.0 Å². The third-order valence-electron chi connectivity index (χ3n) is 1.83. The van der Waals surface area contributed by atoms with E-state index in [0.29, 0.717) is 5.88 Å². The molecule has 1 nitrogen and oxygen atoms in total. The summed E-state index contributed by atoms with van der Waals surface area (Å²) in [5.74, 6) is 0.801. The van der Waals surface area contributed by atoms with Crippen LogP contribution in [-0.2, 0) is 6.42 Å². The summed E-state index contributed by atoms with van der Waals surface area (Å²) in [5.41, 5.74) is 1.11. The highest BCUT2D eigenvalue weighted by molar-refractivity contribution is 14.1. The first kappa shape index (κ1) is 13.0. The van der Waals surface area contributed by atoms with Gasteiger partial charge in [0, 0.05) is 9.45 Å². The summed E-state index contributed by atoms with van der Waals surface area (Å²) >= 11 is 7.68. The molecule has 0 unspecified atom stereocenters. The van der Waals surface area contributed by atoms with E-state index in [2.05, 4.69) is 27.3 Å². The minimum absolute atomic E-state index is 0.198. The van der Waals surface area contributed by atoms with Crippen molar-refractivity contribution in [1.29, 1.82) is 0 Å². The number of halogens is 4. The lowest BCUT2D eigenvalue weighted by molar-refractivity contribution is -0.0498. The van der Waals surface area contributed by atoms with Gasteiger partial charge in [0.25, 0.3) is 0 Å². The molecule has 0 heterocycles. The number of rotatable bonds is 5. The van der Waals surface area contributed by atoms with Crippen molar-refractivity contribution in [3.05, 3.63) is 27.3 Å². The van der Waals surface area contributed by atoms with Crippen LogP contribution < -0.4 is 4.74 Å². The minimum Gasteiger partial charge on any atom is -0.435 e. The second-order valence-corrected chi connectivity index (χ2v) is 4.46. The topological polar surface area (TPSA) is 9.23 Å². The highest BCUT2D eigenvalue weighted by Gasteiger charge is 2.06. The summed E-state index contributed by atoms with van der Waals surface area (Å²) < 4.78 is 29.0. The molecule has 1 aromatic carbocycles. The molecule has 0 N–H and O–H groups in total. The fourth-order valence-corrected chi connectivity index (χ4v) is 2.05.